The number of esters is 1. The molecule has 0 saturated heterocycles. The maximum absolute atomic E-state index is 10.9. The van der Waals surface area contributed by atoms with Crippen LogP contribution >= 0.6 is 0 Å². The molecule has 3 nitrogen and oxygen atoms in total. The normalized spacial score (nSPS) is 9.31. The lowest BCUT2D eigenvalue weighted by molar-refractivity contribution is -0.143. The summed E-state index contributed by atoms with van der Waals surface area (Å²) in [5.74, 6) is -0.105. The quantitative estimate of drug-likeness (QED) is 0.331. The van der Waals surface area contributed by atoms with Gasteiger partial charge in [0, 0.05) is 6.42 Å². The lowest BCUT2D eigenvalue weighted by Crippen LogP contribution is -2.03. The van der Waals surface area contributed by atoms with Gasteiger partial charge in [0.2, 0.25) is 0 Å². The third-order valence-electron chi connectivity index (χ3n) is 1.57. The number of carbonyl (C=O) groups is 1. The van der Waals surface area contributed by atoms with Gasteiger partial charge in [-0.3, -0.25) is 4.79 Å². The second-order valence-corrected chi connectivity index (χ2v) is 2.65. The van der Waals surface area contributed by atoms with Gasteiger partial charge in [-0.2, -0.15) is 0 Å². The fourth-order valence-corrected chi connectivity index (χ4v) is 0.948. The topological polar surface area (TPSA) is 35.5 Å². The molecule has 0 amide bonds. The van der Waals surface area contributed by atoms with E-state index >= 15 is 0 Å². The molecular formula is C10H18O3. The van der Waals surface area contributed by atoms with Crippen LogP contribution in [0.25, 0.3) is 0 Å². The van der Waals surface area contributed by atoms with Crippen molar-refractivity contribution in [3.05, 3.63) is 12.8 Å². The Balaban J connectivity index is 3.06. The highest BCUT2D eigenvalue weighted by Gasteiger charge is 1.99. The Labute approximate surface area is 79.7 Å². The van der Waals surface area contributed by atoms with Gasteiger partial charge in [-0.25, -0.2) is 0 Å². The van der Waals surface area contributed by atoms with E-state index in [1.54, 1.807) is 0 Å². The average Bonchev–Trinajstić information content (AvgIpc) is 2.11. The van der Waals surface area contributed by atoms with Gasteiger partial charge in [0.1, 0.15) is 0 Å². The largest absolute Gasteiger partial charge is 0.502 e. The molecule has 0 fully saturated rings. The smallest absolute Gasteiger partial charge is 0.305 e. The van der Waals surface area contributed by atoms with E-state index in [-0.39, 0.29) is 5.97 Å². The summed E-state index contributed by atoms with van der Waals surface area (Å²) in [5.41, 5.74) is 0. The minimum atomic E-state index is -0.105. The van der Waals surface area contributed by atoms with Crippen LogP contribution in [-0.2, 0) is 14.3 Å². The molecule has 13 heavy (non-hydrogen) atoms. The molecule has 0 radical (unpaired) electrons. The van der Waals surface area contributed by atoms with Crippen molar-refractivity contribution in [2.24, 2.45) is 0 Å². The molecule has 0 aromatic carbocycles. The molecule has 0 bridgehead atoms. The van der Waals surface area contributed by atoms with Gasteiger partial charge in [-0.15, -0.1) is 0 Å². The summed E-state index contributed by atoms with van der Waals surface area (Å²) in [4.78, 5) is 10.9. The van der Waals surface area contributed by atoms with Crippen LogP contribution in [-0.4, -0.2) is 19.2 Å². The van der Waals surface area contributed by atoms with Crippen molar-refractivity contribution >= 4 is 5.97 Å². The zero-order valence-corrected chi connectivity index (χ0v) is 8.25. The number of unbranched alkanes of at least 4 members (excludes halogenated alkanes) is 2. The van der Waals surface area contributed by atoms with E-state index in [1.165, 1.54) is 6.26 Å². The van der Waals surface area contributed by atoms with Crippen molar-refractivity contribution in [2.75, 3.05) is 13.2 Å². The summed E-state index contributed by atoms with van der Waals surface area (Å²) in [7, 11) is 0. The van der Waals surface area contributed by atoms with Crippen molar-refractivity contribution in [2.45, 2.75) is 32.6 Å². The third kappa shape index (κ3) is 8.92. The molecule has 0 heterocycles. The predicted molar refractivity (Wildman–Crippen MR) is 51.3 cm³/mol. The SMILES string of the molecule is C=COCCCCCC(=O)OCC. The van der Waals surface area contributed by atoms with Gasteiger partial charge in [-0.05, 0) is 26.2 Å². The van der Waals surface area contributed by atoms with Crippen molar-refractivity contribution in [1.82, 2.24) is 0 Å². The average molecular weight is 186 g/mol. The maximum atomic E-state index is 10.9. The first kappa shape index (κ1) is 12.0. The molecule has 76 valence electrons. The number of ether oxygens (including phenoxy) is 2. The van der Waals surface area contributed by atoms with E-state index in [9.17, 15) is 4.79 Å². The van der Waals surface area contributed by atoms with Crippen LogP contribution < -0.4 is 0 Å². The van der Waals surface area contributed by atoms with Gasteiger partial charge >= 0.3 is 5.97 Å². The first-order chi connectivity index (χ1) is 6.31. The van der Waals surface area contributed by atoms with Crippen LogP contribution in [0.5, 0.6) is 0 Å². The van der Waals surface area contributed by atoms with Crippen LogP contribution in [0.3, 0.4) is 0 Å². The Morgan fingerprint density at radius 2 is 2.15 bits per heavy atom. The van der Waals surface area contributed by atoms with Crippen LogP contribution in [0.15, 0.2) is 12.8 Å². The third-order valence-corrected chi connectivity index (χ3v) is 1.57. The predicted octanol–water partition coefficient (Wildman–Crippen LogP) is 2.27. The standard InChI is InChI=1S/C10H18O3/c1-3-12-9-7-5-6-8-10(11)13-4-2/h3H,1,4-9H2,2H3. The first-order valence-electron chi connectivity index (χ1n) is 4.69. The monoisotopic (exact) mass is 186 g/mol. The highest BCUT2D eigenvalue weighted by atomic mass is 16.5. The summed E-state index contributed by atoms with van der Waals surface area (Å²) < 4.78 is 9.72. The Hall–Kier alpha value is -0.990. The Kier molecular flexibility index (Phi) is 8.41. The maximum Gasteiger partial charge on any atom is 0.305 e. The van der Waals surface area contributed by atoms with Crippen molar-refractivity contribution in [1.29, 1.82) is 0 Å². The summed E-state index contributed by atoms with van der Waals surface area (Å²) in [6, 6.07) is 0. The second kappa shape index (κ2) is 9.10. The zero-order valence-electron chi connectivity index (χ0n) is 8.25. The minimum absolute atomic E-state index is 0.105. The van der Waals surface area contributed by atoms with E-state index in [0.29, 0.717) is 19.6 Å². The van der Waals surface area contributed by atoms with Gasteiger partial charge in [0.05, 0.1) is 19.5 Å². The van der Waals surface area contributed by atoms with Crippen molar-refractivity contribution < 1.29 is 14.3 Å². The van der Waals surface area contributed by atoms with Crippen molar-refractivity contribution in [3.8, 4) is 0 Å². The van der Waals surface area contributed by atoms with E-state index in [4.69, 9.17) is 9.47 Å². The van der Waals surface area contributed by atoms with Crippen LogP contribution in [0, 0.1) is 0 Å². The number of hydrogen-bond donors (Lipinski definition) is 0. The lowest BCUT2D eigenvalue weighted by atomic mass is 10.2. The van der Waals surface area contributed by atoms with Crippen LogP contribution in [0.2, 0.25) is 0 Å². The Morgan fingerprint density at radius 1 is 1.38 bits per heavy atom. The summed E-state index contributed by atoms with van der Waals surface area (Å²) in [6.45, 7) is 6.41. The molecule has 0 aromatic heterocycles. The number of carbonyl (C=O) groups excluding carboxylic acids is 1. The van der Waals surface area contributed by atoms with Gasteiger partial charge in [0.25, 0.3) is 0 Å². The molecule has 0 saturated carbocycles. The molecule has 0 rings (SSSR count). The second-order valence-electron chi connectivity index (χ2n) is 2.65. The minimum Gasteiger partial charge on any atom is -0.502 e. The van der Waals surface area contributed by atoms with E-state index in [0.717, 1.165) is 19.3 Å². The number of rotatable bonds is 8. The molecule has 0 N–H and O–H groups in total. The Bertz CT molecular complexity index is 143. The van der Waals surface area contributed by atoms with Gasteiger partial charge < -0.3 is 9.47 Å². The lowest BCUT2D eigenvalue weighted by Gasteiger charge is -2.01. The molecule has 0 aliphatic rings. The van der Waals surface area contributed by atoms with Crippen molar-refractivity contribution in [3.63, 3.8) is 0 Å². The van der Waals surface area contributed by atoms with Gasteiger partial charge in [0.15, 0.2) is 0 Å². The summed E-state index contributed by atoms with van der Waals surface area (Å²) >= 11 is 0. The number of hydrogen-bond acceptors (Lipinski definition) is 3. The van der Waals surface area contributed by atoms with Crippen LogP contribution in [0.1, 0.15) is 32.6 Å². The van der Waals surface area contributed by atoms with E-state index in [2.05, 4.69) is 6.58 Å². The molecule has 0 aliphatic heterocycles. The fraction of sp³-hybridized carbons (Fsp3) is 0.700. The molecule has 0 aromatic rings. The fourth-order valence-electron chi connectivity index (χ4n) is 0.948. The highest BCUT2D eigenvalue weighted by molar-refractivity contribution is 5.69. The molecule has 3 heteroatoms. The molecular weight excluding hydrogens is 168 g/mol. The zero-order chi connectivity index (χ0) is 9.94. The Morgan fingerprint density at radius 3 is 2.77 bits per heavy atom. The van der Waals surface area contributed by atoms with E-state index in [1.807, 2.05) is 6.92 Å². The highest BCUT2D eigenvalue weighted by Crippen LogP contribution is 2.01. The van der Waals surface area contributed by atoms with Crippen LogP contribution in [0.4, 0.5) is 0 Å². The summed E-state index contributed by atoms with van der Waals surface area (Å²) in [5, 5.41) is 0. The van der Waals surface area contributed by atoms with Gasteiger partial charge in [-0.1, -0.05) is 6.58 Å². The van der Waals surface area contributed by atoms with E-state index < -0.39 is 0 Å². The molecule has 0 aliphatic carbocycles. The molecule has 0 unspecified atom stereocenters. The first-order valence-corrected chi connectivity index (χ1v) is 4.69. The molecule has 0 spiro atoms. The summed E-state index contributed by atoms with van der Waals surface area (Å²) in [6.07, 6.45) is 4.78. The molecule has 0 atom stereocenters.